The molecule has 46 heavy (non-hydrogen) atoms. The molecule has 2 aromatic carbocycles. The number of benzene rings is 2. The Morgan fingerprint density at radius 2 is 1.46 bits per heavy atom. The molecule has 10 nitrogen and oxygen atoms in total. The fraction of sp³-hybridized carbons (Fsp3) is 0.528. The first-order valence-electron chi connectivity index (χ1n) is 15.6. The van der Waals surface area contributed by atoms with E-state index in [1.165, 1.54) is 0 Å². The van der Waals surface area contributed by atoms with Gasteiger partial charge in [-0.25, -0.2) is 9.59 Å². The van der Waals surface area contributed by atoms with Gasteiger partial charge in [-0.2, -0.15) is 5.26 Å². The van der Waals surface area contributed by atoms with Crippen molar-refractivity contribution in [2.45, 2.75) is 111 Å². The first kappa shape index (κ1) is 37.8. The van der Waals surface area contributed by atoms with Gasteiger partial charge < -0.3 is 25.0 Å². The first-order chi connectivity index (χ1) is 21.3. The molecular formula is C36H50N4O6. The van der Waals surface area contributed by atoms with E-state index in [0.29, 0.717) is 5.56 Å². The van der Waals surface area contributed by atoms with E-state index in [4.69, 9.17) is 9.47 Å². The van der Waals surface area contributed by atoms with Crippen molar-refractivity contribution in [3.05, 3.63) is 70.8 Å². The Morgan fingerprint density at radius 3 is 2.00 bits per heavy atom. The summed E-state index contributed by atoms with van der Waals surface area (Å²) >= 11 is 0. The Morgan fingerprint density at radius 1 is 0.848 bits per heavy atom. The molecule has 10 heteroatoms. The Kier molecular flexibility index (Phi) is 13.4. The maximum Gasteiger partial charge on any atom is 0.408 e. The largest absolute Gasteiger partial charge is 0.458 e. The number of alkyl carbamates (subject to hydrolysis) is 1. The van der Waals surface area contributed by atoms with Gasteiger partial charge in [-0.1, -0.05) is 62.4 Å². The van der Waals surface area contributed by atoms with Gasteiger partial charge in [-0.15, -0.1) is 0 Å². The Labute approximate surface area is 273 Å². The monoisotopic (exact) mass is 634 g/mol. The molecule has 0 bridgehead atoms. The van der Waals surface area contributed by atoms with Crippen LogP contribution in [-0.2, 0) is 30.3 Å². The summed E-state index contributed by atoms with van der Waals surface area (Å²) in [7, 11) is 0. The van der Waals surface area contributed by atoms with E-state index in [0.717, 1.165) is 21.6 Å². The Balaban J connectivity index is 2.64. The van der Waals surface area contributed by atoms with Crippen molar-refractivity contribution in [2.75, 3.05) is 6.54 Å². The van der Waals surface area contributed by atoms with Crippen LogP contribution in [0.2, 0.25) is 0 Å². The summed E-state index contributed by atoms with van der Waals surface area (Å²) in [6.45, 7) is 17.4. The summed E-state index contributed by atoms with van der Waals surface area (Å²) in [6, 6.07) is 13.1. The molecule has 0 radical (unpaired) electrons. The van der Waals surface area contributed by atoms with Crippen LogP contribution in [0.4, 0.5) is 4.79 Å². The zero-order valence-electron chi connectivity index (χ0n) is 28.9. The second-order valence-electron chi connectivity index (χ2n) is 13.9. The summed E-state index contributed by atoms with van der Waals surface area (Å²) in [5, 5.41) is 15.4. The Hall–Kier alpha value is -4.39. The summed E-state index contributed by atoms with van der Waals surface area (Å²) in [4.78, 5) is 56.2. The predicted molar refractivity (Wildman–Crippen MR) is 177 cm³/mol. The van der Waals surface area contributed by atoms with Gasteiger partial charge in [0.25, 0.3) is 0 Å². The van der Waals surface area contributed by atoms with E-state index in [1.54, 1.807) is 53.7 Å². The van der Waals surface area contributed by atoms with Gasteiger partial charge in [0.2, 0.25) is 11.8 Å². The van der Waals surface area contributed by atoms with Gasteiger partial charge in [0.05, 0.1) is 6.07 Å². The molecule has 0 saturated carbocycles. The maximum absolute atomic E-state index is 14.4. The SMILES string of the molecule is Cc1cccc(C(C(=O)NC(Cc2ccccc2)C(=O)OC(C)(C)C)N(CC#N)C(=O)C(CC(C)C)NC(=O)OC(C)(C)C)c1C. The van der Waals surface area contributed by atoms with Crippen molar-refractivity contribution in [2.24, 2.45) is 5.92 Å². The smallest absolute Gasteiger partial charge is 0.408 e. The van der Waals surface area contributed by atoms with E-state index in [-0.39, 0.29) is 18.8 Å². The van der Waals surface area contributed by atoms with Crippen molar-refractivity contribution >= 4 is 23.9 Å². The van der Waals surface area contributed by atoms with Gasteiger partial charge in [0.15, 0.2) is 0 Å². The van der Waals surface area contributed by atoms with Crippen LogP contribution in [0, 0.1) is 31.1 Å². The number of carbonyl (C=O) groups is 4. The predicted octanol–water partition coefficient (Wildman–Crippen LogP) is 5.71. The lowest BCUT2D eigenvalue weighted by molar-refractivity contribution is -0.159. The number of esters is 1. The quantitative estimate of drug-likeness (QED) is 0.226. The molecule has 3 unspecified atom stereocenters. The van der Waals surface area contributed by atoms with Gasteiger partial charge >= 0.3 is 12.1 Å². The number of aryl methyl sites for hydroxylation is 1. The number of hydrogen-bond donors (Lipinski definition) is 2. The maximum atomic E-state index is 14.4. The molecule has 0 heterocycles. The van der Waals surface area contributed by atoms with Crippen molar-refractivity contribution < 1.29 is 28.7 Å². The minimum absolute atomic E-state index is 0.0248. The minimum atomic E-state index is -1.30. The number of carbonyl (C=O) groups excluding carboxylic acids is 4. The second-order valence-corrected chi connectivity index (χ2v) is 13.9. The zero-order chi connectivity index (χ0) is 34.8. The molecule has 0 fully saturated rings. The number of amides is 3. The number of ether oxygens (including phenoxy) is 2. The molecule has 3 atom stereocenters. The summed E-state index contributed by atoms with van der Waals surface area (Å²) < 4.78 is 11.1. The van der Waals surface area contributed by atoms with Crippen molar-refractivity contribution in [1.29, 1.82) is 5.26 Å². The van der Waals surface area contributed by atoms with Crippen LogP contribution in [0.3, 0.4) is 0 Å². The molecule has 0 aliphatic carbocycles. The highest BCUT2D eigenvalue weighted by atomic mass is 16.6. The summed E-state index contributed by atoms with van der Waals surface area (Å²) in [5.74, 6) is -1.95. The average Bonchev–Trinajstić information content (AvgIpc) is 2.92. The molecule has 0 aliphatic rings. The molecule has 0 spiro atoms. The summed E-state index contributed by atoms with van der Waals surface area (Å²) in [5.41, 5.74) is 1.28. The van der Waals surface area contributed by atoms with E-state index >= 15 is 0 Å². The molecule has 0 aromatic heterocycles. The lowest BCUT2D eigenvalue weighted by atomic mass is 9.94. The van der Waals surface area contributed by atoms with E-state index < -0.39 is 59.7 Å². The van der Waals surface area contributed by atoms with Crippen molar-refractivity contribution in [3.8, 4) is 6.07 Å². The van der Waals surface area contributed by atoms with Crippen molar-refractivity contribution in [3.63, 3.8) is 0 Å². The molecule has 2 rings (SSSR count). The highest BCUT2D eigenvalue weighted by molar-refractivity contribution is 5.94. The third-order valence-corrected chi connectivity index (χ3v) is 7.01. The molecule has 2 aromatic rings. The van der Waals surface area contributed by atoms with Gasteiger partial charge in [-0.05, 0) is 90.0 Å². The third kappa shape index (κ3) is 11.8. The average molecular weight is 635 g/mol. The highest BCUT2D eigenvalue weighted by Crippen LogP contribution is 2.28. The molecule has 250 valence electrons. The summed E-state index contributed by atoms with van der Waals surface area (Å²) in [6.07, 6.45) is -0.414. The van der Waals surface area contributed by atoms with Crippen molar-refractivity contribution in [1.82, 2.24) is 15.5 Å². The normalized spacial score (nSPS) is 13.5. The Bertz CT molecular complexity index is 1400. The second kappa shape index (κ2) is 16.3. The third-order valence-electron chi connectivity index (χ3n) is 7.01. The number of nitriles is 1. The minimum Gasteiger partial charge on any atom is -0.458 e. The van der Waals surface area contributed by atoms with Crippen LogP contribution in [0.25, 0.3) is 0 Å². The first-order valence-corrected chi connectivity index (χ1v) is 15.6. The van der Waals surface area contributed by atoms with Gasteiger partial charge in [0.1, 0.15) is 35.9 Å². The number of rotatable bonds is 12. The molecule has 0 saturated heterocycles. The lowest BCUT2D eigenvalue weighted by Crippen LogP contribution is -2.55. The lowest BCUT2D eigenvalue weighted by Gasteiger charge is -2.35. The van der Waals surface area contributed by atoms with Crippen LogP contribution in [0.5, 0.6) is 0 Å². The zero-order valence-corrected chi connectivity index (χ0v) is 28.9. The fourth-order valence-electron chi connectivity index (χ4n) is 4.90. The van der Waals surface area contributed by atoms with Crippen LogP contribution < -0.4 is 10.6 Å². The van der Waals surface area contributed by atoms with E-state index in [1.807, 2.05) is 70.2 Å². The van der Waals surface area contributed by atoms with Crippen LogP contribution >= 0.6 is 0 Å². The van der Waals surface area contributed by atoms with Crippen LogP contribution in [-0.4, -0.2) is 58.6 Å². The van der Waals surface area contributed by atoms with Crippen LogP contribution in [0.15, 0.2) is 48.5 Å². The number of nitrogens with one attached hydrogen (secondary N) is 2. The molecule has 0 aliphatic heterocycles. The molecular weight excluding hydrogens is 584 g/mol. The number of hydrogen-bond acceptors (Lipinski definition) is 7. The molecule has 2 N–H and O–H groups in total. The number of nitrogens with zero attached hydrogens (tertiary/aromatic N) is 2. The van der Waals surface area contributed by atoms with E-state index in [9.17, 15) is 24.4 Å². The topological polar surface area (TPSA) is 138 Å². The molecule has 3 amide bonds. The standard InChI is InChI=1S/C36H50N4O6/c1-23(2)21-28(39-34(44)46-36(8,9)10)32(42)40(20-19-37)30(27-18-14-15-24(3)25(27)4)31(41)38-29(33(43)45-35(5,6)7)22-26-16-12-11-13-17-26/h11-18,23,28-30H,20-22H2,1-10H3,(H,38,41)(H,39,44). The van der Waals surface area contributed by atoms with Crippen LogP contribution in [0.1, 0.15) is 90.1 Å². The van der Waals surface area contributed by atoms with Gasteiger partial charge in [0, 0.05) is 6.42 Å². The van der Waals surface area contributed by atoms with Gasteiger partial charge in [-0.3, -0.25) is 9.59 Å². The van der Waals surface area contributed by atoms with E-state index in [2.05, 4.69) is 10.6 Å². The highest BCUT2D eigenvalue weighted by Gasteiger charge is 2.39. The fourth-order valence-corrected chi connectivity index (χ4v) is 4.90.